The summed E-state index contributed by atoms with van der Waals surface area (Å²) in [5, 5.41) is 1.63. The van der Waals surface area contributed by atoms with Crippen LogP contribution in [0, 0.1) is 13.8 Å². The van der Waals surface area contributed by atoms with Crippen molar-refractivity contribution < 1.29 is 0 Å². The Kier molecular flexibility index (Phi) is 2.67. The van der Waals surface area contributed by atoms with Crippen LogP contribution in [0.2, 0.25) is 5.02 Å². The van der Waals surface area contributed by atoms with E-state index in [0.29, 0.717) is 10.7 Å². The topological polar surface area (TPSA) is 38.9 Å². The highest BCUT2D eigenvalue weighted by atomic mass is 35.5. The number of aromatic nitrogens is 1. The number of hydrogen-bond acceptors (Lipinski definition) is 3. The number of halogens is 1. The van der Waals surface area contributed by atoms with Gasteiger partial charge in [0.2, 0.25) is 0 Å². The molecule has 0 atom stereocenters. The fraction of sp³-hybridized carbons (Fsp3) is 0.182. The summed E-state index contributed by atoms with van der Waals surface area (Å²) >= 11 is 7.74. The Morgan fingerprint density at radius 2 is 2.07 bits per heavy atom. The van der Waals surface area contributed by atoms with Crippen molar-refractivity contribution in [1.29, 1.82) is 0 Å². The molecule has 2 N–H and O–H groups in total. The van der Waals surface area contributed by atoms with Crippen molar-refractivity contribution in [3.63, 3.8) is 0 Å². The van der Waals surface area contributed by atoms with Crippen molar-refractivity contribution >= 4 is 28.6 Å². The molecule has 4 heteroatoms. The zero-order valence-electron chi connectivity index (χ0n) is 8.54. The Labute approximate surface area is 97.7 Å². The van der Waals surface area contributed by atoms with Crippen LogP contribution in [0.3, 0.4) is 0 Å². The molecular weight excluding hydrogens is 228 g/mol. The van der Waals surface area contributed by atoms with Gasteiger partial charge in [0.15, 0.2) is 0 Å². The molecule has 0 amide bonds. The average Bonchev–Trinajstić information content (AvgIpc) is 2.51. The Hall–Kier alpha value is -1.06. The third-order valence-corrected chi connectivity index (χ3v) is 3.69. The standard InChI is InChI=1S/C11H11ClN2S/c1-6-7(2)15-11(14-6)9-5-8(13)3-4-10(9)12/h3-5H,13H2,1-2H3. The van der Waals surface area contributed by atoms with E-state index in [1.54, 1.807) is 23.5 Å². The maximum atomic E-state index is 6.10. The summed E-state index contributed by atoms with van der Waals surface area (Å²) in [4.78, 5) is 5.67. The zero-order chi connectivity index (χ0) is 11.0. The molecule has 0 radical (unpaired) electrons. The van der Waals surface area contributed by atoms with E-state index in [1.807, 2.05) is 13.0 Å². The van der Waals surface area contributed by atoms with Gasteiger partial charge in [0.25, 0.3) is 0 Å². The van der Waals surface area contributed by atoms with Gasteiger partial charge in [-0.1, -0.05) is 11.6 Å². The van der Waals surface area contributed by atoms with Gasteiger partial charge >= 0.3 is 0 Å². The second-order valence-electron chi connectivity index (χ2n) is 3.40. The van der Waals surface area contributed by atoms with Crippen molar-refractivity contribution in [1.82, 2.24) is 4.98 Å². The van der Waals surface area contributed by atoms with Gasteiger partial charge in [-0.05, 0) is 32.0 Å². The lowest BCUT2D eigenvalue weighted by molar-refractivity contribution is 1.23. The molecule has 78 valence electrons. The quantitative estimate of drug-likeness (QED) is 0.770. The third kappa shape index (κ3) is 1.98. The van der Waals surface area contributed by atoms with Gasteiger partial charge < -0.3 is 5.73 Å². The predicted molar refractivity (Wildman–Crippen MR) is 66.4 cm³/mol. The first-order valence-corrected chi connectivity index (χ1v) is 5.77. The summed E-state index contributed by atoms with van der Waals surface area (Å²) in [6.45, 7) is 4.05. The van der Waals surface area contributed by atoms with Crippen molar-refractivity contribution in [3.05, 3.63) is 33.8 Å². The van der Waals surface area contributed by atoms with Crippen LogP contribution in [-0.2, 0) is 0 Å². The summed E-state index contributed by atoms with van der Waals surface area (Å²) in [5.74, 6) is 0. The van der Waals surface area contributed by atoms with E-state index in [1.165, 1.54) is 4.88 Å². The maximum absolute atomic E-state index is 6.10. The average molecular weight is 239 g/mol. The van der Waals surface area contributed by atoms with Crippen molar-refractivity contribution in [3.8, 4) is 10.6 Å². The lowest BCUT2D eigenvalue weighted by Gasteiger charge is -2.01. The minimum absolute atomic E-state index is 0.693. The summed E-state index contributed by atoms with van der Waals surface area (Å²) in [7, 11) is 0. The minimum Gasteiger partial charge on any atom is -0.399 e. The van der Waals surface area contributed by atoms with Crippen LogP contribution in [0.4, 0.5) is 5.69 Å². The largest absolute Gasteiger partial charge is 0.399 e. The van der Waals surface area contributed by atoms with E-state index in [-0.39, 0.29) is 0 Å². The maximum Gasteiger partial charge on any atom is 0.125 e. The Bertz CT molecular complexity index is 486. The van der Waals surface area contributed by atoms with Crippen LogP contribution in [-0.4, -0.2) is 4.98 Å². The summed E-state index contributed by atoms with van der Waals surface area (Å²) in [5.41, 5.74) is 8.40. The normalized spacial score (nSPS) is 10.6. The number of hydrogen-bond donors (Lipinski definition) is 1. The van der Waals surface area contributed by atoms with Crippen molar-refractivity contribution in [2.75, 3.05) is 5.73 Å². The van der Waals surface area contributed by atoms with E-state index in [0.717, 1.165) is 16.3 Å². The summed E-state index contributed by atoms with van der Waals surface area (Å²) < 4.78 is 0. The highest BCUT2D eigenvalue weighted by Gasteiger charge is 2.09. The van der Waals surface area contributed by atoms with E-state index in [4.69, 9.17) is 17.3 Å². The molecule has 0 saturated carbocycles. The van der Waals surface area contributed by atoms with Crippen LogP contribution in [0.15, 0.2) is 18.2 Å². The molecule has 15 heavy (non-hydrogen) atoms. The SMILES string of the molecule is Cc1nc(-c2cc(N)ccc2Cl)sc1C. The number of nitrogen functional groups attached to an aromatic ring is 1. The summed E-state index contributed by atoms with van der Waals surface area (Å²) in [6, 6.07) is 5.46. The van der Waals surface area contributed by atoms with E-state index in [9.17, 15) is 0 Å². The molecule has 1 aromatic carbocycles. The number of rotatable bonds is 1. The van der Waals surface area contributed by atoms with Gasteiger partial charge in [-0.2, -0.15) is 0 Å². The molecule has 0 saturated heterocycles. The molecule has 0 bridgehead atoms. The van der Waals surface area contributed by atoms with E-state index < -0.39 is 0 Å². The lowest BCUT2D eigenvalue weighted by atomic mass is 10.2. The van der Waals surface area contributed by atoms with E-state index in [2.05, 4.69) is 11.9 Å². The van der Waals surface area contributed by atoms with Crippen LogP contribution in [0.25, 0.3) is 10.6 Å². The molecule has 1 heterocycles. The van der Waals surface area contributed by atoms with Crippen LogP contribution < -0.4 is 5.73 Å². The second-order valence-corrected chi connectivity index (χ2v) is 5.01. The van der Waals surface area contributed by atoms with Crippen LogP contribution in [0.1, 0.15) is 10.6 Å². The first-order valence-electron chi connectivity index (χ1n) is 4.57. The molecule has 0 fully saturated rings. The molecule has 0 aliphatic carbocycles. The van der Waals surface area contributed by atoms with Crippen molar-refractivity contribution in [2.24, 2.45) is 0 Å². The summed E-state index contributed by atoms with van der Waals surface area (Å²) in [6.07, 6.45) is 0. The Morgan fingerprint density at radius 1 is 1.33 bits per heavy atom. The zero-order valence-corrected chi connectivity index (χ0v) is 10.1. The minimum atomic E-state index is 0.693. The monoisotopic (exact) mass is 238 g/mol. The van der Waals surface area contributed by atoms with Crippen molar-refractivity contribution in [2.45, 2.75) is 13.8 Å². The van der Waals surface area contributed by atoms with Gasteiger partial charge in [-0.15, -0.1) is 11.3 Å². The highest BCUT2D eigenvalue weighted by molar-refractivity contribution is 7.15. The number of aryl methyl sites for hydroxylation is 2. The predicted octanol–water partition coefficient (Wildman–Crippen LogP) is 3.66. The number of nitrogens with zero attached hydrogens (tertiary/aromatic N) is 1. The number of benzene rings is 1. The first-order chi connectivity index (χ1) is 7.08. The molecule has 2 aromatic rings. The lowest BCUT2D eigenvalue weighted by Crippen LogP contribution is -1.86. The molecular formula is C11H11ClN2S. The molecule has 0 spiro atoms. The number of anilines is 1. The molecule has 2 nitrogen and oxygen atoms in total. The van der Waals surface area contributed by atoms with Crippen LogP contribution >= 0.6 is 22.9 Å². The van der Waals surface area contributed by atoms with Gasteiger partial charge in [-0.3, -0.25) is 0 Å². The molecule has 2 rings (SSSR count). The van der Waals surface area contributed by atoms with Gasteiger partial charge in [0.05, 0.1) is 10.7 Å². The Morgan fingerprint density at radius 3 is 2.67 bits per heavy atom. The molecule has 0 aliphatic rings. The number of thiazole rings is 1. The third-order valence-electron chi connectivity index (χ3n) is 2.25. The molecule has 1 aromatic heterocycles. The van der Waals surface area contributed by atoms with Gasteiger partial charge in [0.1, 0.15) is 5.01 Å². The van der Waals surface area contributed by atoms with E-state index >= 15 is 0 Å². The Balaban J connectivity index is 2.58. The second kappa shape index (κ2) is 3.83. The molecule has 0 aliphatic heterocycles. The highest BCUT2D eigenvalue weighted by Crippen LogP contribution is 2.33. The van der Waals surface area contributed by atoms with Gasteiger partial charge in [0, 0.05) is 16.1 Å². The number of nitrogens with two attached hydrogens (primary N) is 1. The first kappa shape index (κ1) is 10.5. The smallest absolute Gasteiger partial charge is 0.125 e. The molecule has 0 unspecified atom stereocenters. The fourth-order valence-corrected chi connectivity index (χ4v) is 2.50. The van der Waals surface area contributed by atoms with Gasteiger partial charge in [-0.25, -0.2) is 4.98 Å². The fourth-order valence-electron chi connectivity index (χ4n) is 1.29. The van der Waals surface area contributed by atoms with Crippen LogP contribution in [0.5, 0.6) is 0 Å².